The maximum atomic E-state index is 12.3. The van der Waals surface area contributed by atoms with E-state index in [1.54, 1.807) is 18.3 Å². The van der Waals surface area contributed by atoms with Gasteiger partial charge in [-0.3, -0.25) is 9.59 Å². The van der Waals surface area contributed by atoms with Gasteiger partial charge in [0.1, 0.15) is 4.60 Å². The molecule has 0 spiro atoms. The number of amides is 2. The molecule has 0 saturated heterocycles. The van der Waals surface area contributed by atoms with Gasteiger partial charge in [-0.2, -0.15) is 0 Å². The van der Waals surface area contributed by atoms with Gasteiger partial charge in [0.25, 0.3) is 5.91 Å². The first-order valence-corrected chi connectivity index (χ1v) is 6.39. The lowest BCUT2D eigenvalue weighted by Gasteiger charge is -2.23. The van der Waals surface area contributed by atoms with Gasteiger partial charge in [-0.15, -0.1) is 0 Å². The molecule has 0 aliphatic carbocycles. The summed E-state index contributed by atoms with van der Waals surface area (Å²) >= 11 is 3.22. The molecule has 0 atom stereocenters. The van der Waals surface area contributed by atoms with Crippen LogP contribution < -0.4 is 5.73 Å². The summed E-state index contributed by atoms with van der Waals surface area (Å²) in [4.78, 5) is 28.7. The van der Waals surface area contributed by atoms with Crippen molar-refractivity contribution in [1.29, 1.82) is 0 Å². The molecule has 0 unspecified atom stereocenters. The predicted octanol–water partition coefficient (Wildman–Crippen LogP) is 1.43. The minimum absolute atomic E-state index is 0.0850. The first-order chi connectivity index (χ1) is 8.41. The zero-order valence-electron chi connectivity index (χ0n) is 10.4. The van der Waals surface area contributed by atoms with Crippen molar-refractivity contribution in [3.8, 4) is 0 Å². The second-order valence-electron chi connectivity index (χ2n) is 4.39. The van der Waals surface area contributed by atoms with Crippen molar-refractivity contribution in [3.05, 3.63) is 28.5 Å². The van der Waals surface area contributed by atoms with E-state index in [1.165, 1.54) is 4.90 Å². The summed E-state index contributed by atoms with van der Waals surface area (Å²) < 4.78 is 0.466. The molecule has 98 valence electrons. The number of carbonyl (C=O) groups excluding carboxylic acids is 2. The van der Waals surface area contributed by atoms with Crippen LogP contribution >= 0.6 is 15.9 Å². The van der Waals surface area contributed by atoms with Gasteiger partial charge in [0, 0.05) is 12.7 Å². The summed E-state index contributed by atoms with van der Waals surface area (Å²) in [6.07, 6.45) is 1.59. The fourth-order valence-electron chi connectivity index (χ4n) is 1.56. The Hall–Kier alpha value is -1.43. The van der Waals surface area contributed by atoms with Gasteiger partial charge in [0.05, 0.1) is 12.1 Å². The molecule has 0 saturated carbocycles. The Bertz CT molecular complexity index is 449. The van der Waals surface area contributed by atoms with Gasteiger partial charge in [-0.05, 0) is 34.0 Å². The van der Waals surface area contributed by atoms with Crippen LogP contribution in [0.25, 0.3) is 0 Å². The van der Waals surface area contributed by atoms with Crippen molar-refractivity contribution in [2.75, 3.05) is 13.1 Å². The lowest BCUT2D eigenvalue weighted by Crippen LogP contribution is -2.40. The lowest BCUT2D eigenvalue weighted by atomic mass is 10.1. The number of primary amides is 1. The van der Waals surface area contributed by atoms with Crippen LogP contribution in [-0.2, 0) is 4.79 Å². The largest absolute Gasteiger partial charge is 0.368 e. The Morgan fingerprint density at radius 1 is 1.50 bits per heavy atom. The zero-order valence-corrected chi connectivity index (χ0v) is 12.0. The van der Waals surface area contributed by atoms with Crippen molar-refractivity contribution in [2.24, 2.45) is 11.7 Å². The number of nitrogens with two attached hydrogens (primary N) is 1. The predicted molar refractivity (Wildman–Crippen MR) is 71.9 cm³/mol. The zero-order chi connectivity index (χ0) is 13.7. The molecular formula is C12H16BrN3O2. The van der Waals surface area contributed by atoms with Crippen LogP contribution in [0.1, 0.15) is 24.2 Å². The van der Waals surface area contributed by atoms with Crippen LogP contribution in [0.4, 0.5) is 0 Å². The van der Waals surface area contributed by atoms with Gasteiger partial charge in [0.15, 0.2) is 0 Å². The fraction of sp³-hybridized carbons (Fsp3) is 0.417. The van der Waals surface area contributed by atoms with Gasteiger partial charge < -0.3 is 10.6 Å². The topological polar surface area (TPSA) is 76.3 Å². The molecule has 1 aromatic rings. The molecule has 2 N–H and O–H groups in total. The number of carbonyl (C=O) groups is 2. The Labute approximate surface area is 114 Å². The van der Waals surface area contributed by atoms with Crippen LogP contribution in [0.5, 0.6) is 0 Å². The number of halogens is 1. The van der Waals surface area contributed by atoms with E-state index in [-0.39, 0.29) is 18.4 Å². The molecule has 18 heavy (non-hydrogen) atoms. The molecule has 2 amide bonds. The molecule has 0 aliphatic rings. The van der Waals surface area contributed by atoms with Crippen LogP contribution in [0, 0.1) is 5.92 Å². The van der Waals surface area contributed by atoms with E-state index >= 15 is 0 Å². The molecule has 0 bridgehead atoms. The minimum Gasteiger partial charge on any atom is -0.368 e. The summed E-state index contributed by atoms with van der Waals surface area (Å²) in [5.41, 5.74) is 5.59. The number of pyridine rings is 1. The third-order valence-electron chi connectivity index (χ3n) is 2.21. The van der Waals surface area contributed by atoms with Crippen LogP contribution in [0.15, 0.2) is 22.9 Å². The van der Waals surface area contributed by atoms with Crippen LogP contribution in [0.3, 0.4) is 0 Å². The van der Waals surface area contributed by atoms with E-state index in [0.29, 0.717) is 16.7 Å². The number of hydrogen-bond acceptors (Lipinski definition) is 3. The molecule has 1 rings (SSSR count). The highest BCUT2D eigenvalue weighted by molar-refractivity contribution is 9.10. The Balaban J connectivity index is 2.95. The average molecular weight is 314 g/mol. The smallest absolute Gasteiger partial charge is 0.257 e. The molecule has 1 heterocycles. The maximum absolute atomic E-state index is 12.3. The first kappa shape index (κ1) is 14.6. The standard InChI is InChI=1S/C12H16BrN3O2/c1-8(2)6-16(7-10(14)17)12(18)9-4-3-5-15-11(9)13/h3-5,8H,6-7H2,1-2H3,(H2,14,17). The van der Waals surface area contributed by atoms with Gasteiger partial charge in [-0.1, -0.05) is 13.8 Å². The normalized spacial score (nSPS) is 10.4. The molecule has 5 nitrogen and oxygen atoms in total. The number of nitrogens with zero attached hydrogens (tertiary/aromatic N) is 2. The summed E-state index contributed by atoms with van der Waals surface area (Å²) in [5, 5.41) is 0. The van der Waals surface area contributed by atoms with Crippen molar-refractivity contribution >= 4 is 27.7 Å². The van der Waals surface area contributed by atoms with E-state index in [9.17, 15) is 9.59 Å². The molecule has 0 radical (unpaired) electrons. The molecule has 0 fully saturated rings. The van der Waals surface area contributed by atoms with E-state index in [4.69, 9.17) is 5.73 Å². The van der Waals surface area contributed by atoms with Crippen molar-refractivity contribution in [1.82, 2.24) is 9.88 Å². The van der Waals surface area contributed by atoms with Crippen LogP contribution in [0.2, 0.25) is 0 Å². The number of hydrogen-bond donors (Lipinski definition) is 1. The van der Waals surface area contributed by atoms with Gasteiger partial charge >= 0.3 is 0 Å². The molecule has 0 aliphatic heterocycles. The minimum atomic E-state index is -0.524. The molecular weight excluding hydrogens is 298 g/mol. The quantitative estimate of drug-likeness (QED) is 0.835. The Kier molecular flexibility index (Phi) is 5.27. The number of aromatic nitrogens is 1. The van der Waals surface area contributed by atoms with E-state index in [2.05, 4.69) is 20.9 Å². The summed E-state index contributed by atoms with van der Waals surface area (Å²) in [7, 11) is 0. The third-order valence-corrected chi connectivity index (χ3v) is 2.84. The van der Waals surface area contributed by atoms with Gasteiger partial charge in [-0.25, -0.2) is 4.98 Å². The maximum Gasteiger partial charge on any atom is 0.257 e. The fourth-order valence-corrected chi connectivity index (χ4v) is 1.98. The highest BCUT2D eigenvalue weighted by Gasteiger charge is 2.20. The summed E-state index contributed by atoms with van der Waals surface area (Å²) in [5.74, 6) is -0.518. The van der Waals surface area contributed by atoms with E-state index in [1.807, 2.05) is 13.8 Å². The van der Waals surface area contributed by atoms with Crippen molar-refractivity contribution in [2.45, 2.75) is 13.8 Å². The summed E-state index contributed by atoms with van der Waals surface area (Å²) in [6, 6.07) is 3.34. The first-order valence-electron chi connectivity index (χ1n) is 5.60. The SMILES string of the molecule is CC(C)CN(CC(N)=O)C(=O)c1cccnc1Br. The highest BCUT2D eigenvalue weighted by atomic mass is 79.9. The average Bonchev–Trinajstić information content (AvgIpc) is 2.26. The second-order valence-corrected chi connectivity index (χ2v) is 5.14. The molecule has 0 aromatic carbocycles. The van der Waals surface area contributed by atoms with Crippen molar-refractivity contribution < 1.29 is 9.59 Å². The Morgan fingerprint density at radius 2 is 2.17 bits per heavy atom. The van der Waals surface area contributed by atoms with Crippen LogP contribution in [-0.4, -0.2) is 34.8 Å². The van der Waals surface area contributed by atoms with Gasteiger partial charge in [0.2, 0.25) is 5.91 Å². The summed E-state index contributed by atoms with van der Waals surface area (Å²) in [6.45, 7) is 4.33. The number of rotatable bonds is 5. The monoisotopic (exact) mass is 313 g/mol. The Morgan fingerprint density at radius 3 is 2.67 bits per heavy atom. The highest BCUT2D eigenvalue weighted by Crippen LogP contribution is 2.15. The van der Waals surface area contributed by atoms with E-state index < -0.39 is 5.91 Å². The third kappa shape index (κ3) is 4.10. The second kappa shape index (κ2) is 6.49. The lowest BCUT2D eigenvalue weighted by molar-refractivity contribution is -0.118. The van der Waals surface area contributed by atoms with Crippen molar-refractivity contribution in [3.63, 3.8) is 0 Å². The molecule has 6 heteroatoms. The van der Waals surface area contributed by atoms with E-state index in [0.717, 1.165) is 0 Å². The molecule has 1 aromatic heterocycles.